The van der Waals surface area contributed by atoms with Crippen molar-refractivity contribution in [2.24, 2.45) is 7.05 Å². The number of benzene rings is 1. The quantitative estimate of drug-likeness (QED) is 0.769. The van der Waals surface area contributed by atoms with Crippen LogP contribution in [-0.2, 0) is 17.1 Å². The number of nitrogens with two attached hydrogens (primary N) is 1. The summed E-state index contributed by atoms with van der Waals surface area (Å²) < 4.78 is 32.9. The minimum Gasteiger partial charge on any atom is -0.490 e. The number of hydrogen-bond acceptors (Lipinski definition) is 5. The molecule has 0 bridgehead atoms. The predicted molar refractivity (Wildman–Crippen MR) is 77.0 cm³/mol. The number of nitrogens with zero attached hydrogens (tertiary/aromatic N) is 2. The highest BCUT2D eigenvalue weighted by molar-refractivity contribution is 7.92. The summed E-state index contributed by atoms with van der Waals surface area (Å²) in [5, 5.41) is 3.88. The molecule has 1 aromatic carbocycles. The van der Waals surface area contributed by atoms with Crippen molar-refractivity contribution in [2.75, 3.05) is 22.8 Å². The molecule has 0 fully saturated rings. The van der Waals surface area contributed by atoms with Crippen LogP contribution in [0.25, 0.3) is 0 Å². The average molecular weight is 296 g/mol. The highest BCUT2D eigenvalue weighted by Crippen LogP contribution is 2.19. The van der Waals surface area contributed by atoms with E-state index >= 15 is 0 Å². The minimum atomic E-state index is -3.47. The zero-order valence-corrected chi connectivity index (χ0v) is 11.8. The lowest BCUT2D eigenvalue weighted by molar-refractivity contribution is 0.343. The van der Waals surface area contributed by atoms with Crippen molar-refractivity contribution < 1.29 is 13.2 Å². The molecule has 3 N–H and O–H groups in total. The number of anilines is 2. The highest BCUT2D eigenvalue weighted by atomic mass is 32.2. The van der Waals surface area contributed by atoms with E-state index in [-0.39, 0.29) is 12.4 Å². The summed E-state index contributed by atoms with van der Waals surface area (Å²) >= 11 is 0. The third-order valence-electron chi connectivity index (χ3n) is 2.51. The Morgan fingerprint density at radius 1 is 1.40 bits per heavy atom. The van der Waals surface area contributed by atoms with Crippen LogP contribution in [0.5, 0.6) is 5.75 Å². The van der Waals surface area contributed by atoms with Crippen molar-refractivity contribution in [3.8, 4) is 5.75 Å². The Morgan fingerprint density at radius 3 is 2.80 bits per heavy atom. The molecule has 0 aliphatic heterocycles. The van der Waals surface area contributed by atoms with Crippen LogP contribution in [0.2, 0.25) is 0 Å². The summed E-state index contributed by atoms with van der Waals surface area (Å²) in [6, 6.07) is 6.94. The van der Waals surface area contributed by atoms with Crippen LogP contribution in [-0.4, -0.2) is 30.6 Å². The number of aromatic nitrogens is 2. The minimum absolute atomic E-state index is 0.0177. The first kappa shape index (κ1) is 14.2. The van der Waals surface area contributed by atoms with Crippen molar-refractivity contribution >= 4 is 21.4 Å². The Balaban J connectivity index is 1.88. The molecule has 1 heterocycles. The van der Waals surface area contributed by atoms with Gasteiger partial charge in [-0.3, -0.25) is 9.40 Å². The summed E-state index contributed by atoms with van der Waals surface area (Å²) in [5.41, 5.74) is 6.60. The van der Waals surface area contributed by atoms with Gasteiger partial charge in [0.1, 0.15) is 18.1 Å². The lowest BCUT2D eigenvalue weighted by Crippen LogP contribution is -2.21. The number of nitrogens with one attached hydrogen (secondary N) is 1. The van der Waals surface area contributed by atoms with Crippen molar-refractivity contribution in [3.05, 3.63) is 36.7 Å². The van der Waals surface area contributed by atoms with Crippen LogP contribution in [0, 0.1) is 0 Å². The maximum absolute atomic E-state index is 11.8. The predicted octanol–water partition coefficient (Wildman–Crippen LogP) is 0.823. The molecule has 0 spiro atoms. The van der Waals surface area contributed by atoms with Gasteiger partial charge in [0.05, 0.1) is 17.6 Å². The Morgan fingerprint density at radius 2 is 2.15 bits per heavy atom. The molecule has 7 nitrogen and oxygen atoms in total. The highest BCUT2D eigenvalue weighted by Gasteiger charge is 2.12. The van der Waals surface area contributed by atoms with E-state index in [1.54, 1.807) is 37.5 Å². The van der Waals surface area contributed by atoms with Gasteiger partial charge in [0, 0.05) is 13.2 Å². The topological polar surface area (TPSA) is 99.2 Å². The Bertz CT molecular complexity index is 682. The van der Waals surface area contributed by atoms with Crippen LogP contribution in [0.3, 0.4) is 0 Å². The first-order valence-corrected chi connectivity index (χ1v) is 7.58. The lowest BCUT2D eigenvalue weighted by Gasteiger charge is -2.09. The number of nitrogen functional groups attached to an aromatic ring is 1. The van der Waals surface area contributed by atoms with E-state index in [2.05, 4.69) is 9.82 Å². The van der Waals surface area contributed by atoms with Crippen LogP contribution in [0.1, 0.15) is 0 Å². The van der Waals surface area contributed by atoms with Crippen LogP contribution < -0.4 is 15.2 Å². The molecule has 108 valence electrons. The van der Waals surface area contributed by atoms with Crippen LogP contribution in [0.4, 0.5) is 11.4 Å². The van der Waals surface area contributed by atoms with Gasteiger partial charge in [-0.1, -0.05) is 12.1 Å². The smallest absolute Gasteiger partial charge is 0.236 e. The van der Waals surface area contributed by atoms with E-state index in [4.69, 9.17) is 10.5 Å². The molecular weight excluding hydrogens is 280 g/mol. The third-order valence-corrected chi connectivity index (χ3v) is 3.76. The molecule has 0 atom stereocenters. The van der Waals surface area contributed by atoms with Gasteiger partial charge >= 0.3 is 0 Å². The van der Waals surface area contributed by atoms with E-state index < -0.39 is 10.0 Å². The van der Waals surface area contributed by atoms with Gasteiger partial charge in [-0.05, 0) is 12.1 Å². The van der Waals surface area contributed by atoms with Gasteiger partial charge in [0.2, 0.25) is 10.0 Å². The second kappa shape index (κ2) is 5.83. The third kappa shape index (κ3) is 3.89. The molecule has 2 rings (SSSR count). The van der Waals surface area contributed by atoms with Gasteiger partial charge in [-0.15, -0.1) is 0 Å². The fourth-order valence-corrected chi connectivity index (χ4v) is 2.45. The number of rotatable bonds is 6. The second-order valence-corrected chi connectivity index (χ2v) is 6.05. The van der Waals surface area contributed by atoms with Gasteiger partial charge in [-0.25, -0.2) is 8.42 Å². The number of ether oxygens (including phenoxy) is 1. The molecule has 0 saturated carbocycles. The maximum atomic E-state index is 11.8. The first-order valence-electron chi connectivity index (χ1n) is 5.93. The normalized spacial score (nSPS) is 11.2. The van der Waals surface area contributed by atoms with E-state index in [9.17, 15) is 8.42 Å². The number of para-hydroxylation sites is 2. The molecule has 8 heteroatoms. The Kier molecular flexibility index (Phi) is 4.14. The maximum Gasteiger partial charge on any atom is 0.236 e. The average Bonchev–Trinajstić information content (AvgIpc) is 2.76. The molecule has 1 aromatic heterocycles. The first-order chi connectivity index (χ1) is 9.46. The van der Waals surface area contributed by atoms with Crippen molar-refractivity contribution in [3.63, 3.8) is 0 Å². The number of aryl methyl sites for hydroxylation is 1. The molecule has 2 aromatic rings. The molecule has 0 amide bonds. The Labute approximate surface area is 117 Å². The zero-order chi connectivity index (χ0) is 14.6. The summed E-state index contributed by atoms with van der Waals surface area (Å²) in [6.45, 7) is 0.0177. The Hall–Kier alpha value is -2.22. The van der Waals surface area contributed by atoms with Crippen molar-refractivity contribution in [2.45, 2.75) is 0 Å². The zero-order valence-electron chi connectivity index (χ0n) is 11.0. The van der Waals surface area contributed by atoms with E-state index in [1.165, 1.54) is 10.9 Å². The van der Waals surface area contributed by atoms with Crippen molar-refractivity contribution in [1.29, 1.82) is 0 Å². The van der Waals surface area contributed by atoms with Gasteiger partial charge < -0.3 is 10.5 Å². The van der Waals surface area contributed by atoms with E-state index in [0.717, 1.165) is 0 Å². The lowest BCUT2D eigenvalue weighted by atomic mass is 10.3. The van der Waals surface area contributed by atoms with Crippen LogP contribution in [0.15, 0.2) is 36.7 Å². The van der Waals surface area contributed by atoms with Crippen LogP contribution >= 0.6 is 0 Å². The molecule has 0 aliphatic carbocycles. The fourth-order valence-electron chi connectivity index (χ4n) is 1.58. The second-order valence-electron chi connectivity index (χ2n) is 4.21. The van der Waals surface area contributed by atoms with E-state index in [1.807, 2.05) is 0 Å². The molecule has 0 aliphatic rings. The summed E-state index contributed by atoms with van der Waals surface area (Å²) in [5.74, 6) is 0.306. The number of hydrogen-bond donors (Lipinski definition) is 2. The fraction of sp³-hybridized carbons (Fsp3) is 0.250. The standard InChI is InChI=1S/C12H16N4O3S/c1-16-9-10(8-14-16)15-20(17,18)7-6-19-12-5-3-2-4-11(12)13/h2-5,8-9,15H,6-7,13H2,1H3. The molecule has 0 saturated heterocycles. The summed E-state index contributed by atoms with van der Waals surface area (Å²) in [4.78, 5) is 0. The monoisotopic (exact) mass is 296 g/mol. The molecule has 0 radical (unpaired) electrons. The van der Waals surface area contributed by atoms with Gasteiger partial charge in [0.15, 0.2) is 0 Å². The van der Waals surface area contributed by atoms with E-state index in [0.29, 0.717) is 17.1 Å². The molecular formula is C12H16N4O3S. The molecule has 20 heavy (non-hydrogen) atoms. The summed E-state index contributed by atoms with van der Waals surface area (Å²) in [7, 11) is -1.77. The molecule has 0 unspecified atom stereocenters. The van der Waals surface area contributed by atoms with Crippen molar-refractivity contribution in [1.82, 2.24) is 9.78 Å². The largest absolute Gasteiger partial charge is 0.490 e. The van der Waals surface area contributed by atoms with Gasteiger partial charge in [0.25, 0.3) is 0 Å². The van der Waals surface area contributed by atoms with Gasteiger partial charge in [-0.2, -0.15) is 5.10 Å². The SMILES string of the molecule is Cn1cc(NS(=O)(=O)CCOc2ccccc2N)cn1. The number of sulfonamides is 1. The summed E-state index contributed by atoms with van der Waals surface area (Å²) in [6.07, 6.45) is 3.02.